The molecule has 0 spiro atoms. The van der Waals surface area contributed by atoms with Crippen LogP contribution in [0.1, 0.15) is 5.56 Å². The van der Waals surface area contributed by atoms with Crippen molar-refractivity contribution >= 4 is 0 Å². The topological polar surface area (TPSA) is 38.7 Å². The molecule has 1 N–H and O–H groups in total. The van der Waals surface area contributed by atoms with Crippen LogP contribution in [0, 0.1) is 0 Å². The monoisotopic (exact) mass is 248 g/mol. The molecule has 1 unspecified atom stereocenters. The van der Waals surface area contributed by atoms with E-state index in [-0.39, 0.29) is 0 Å². The van der Waals surface area contributed by atoms with Gasteiger partial charge in [-0.1, -0.05) is 6.07 Å². The number of aliphatic hydroxyl groups excluding tert-OH is 1. The van der Waals surface area contributed by atoms with Gasteiger partial charge in [0.2, 0.25) is 0 Å². The number of benzene rings is 1. The molecule has 17 heavy (non-hydrogen) atoms. The minimum atomic E-state index is -4.60. The molecule has 0 amide bonds. The van der Waals surface area contributed by atoms with E-state index >= 15 is 0 Å². The summed E-state index contributed by atoms with van der Waals surface area (Å²) in [4.78, 5) is 0. The minimum absolute atomic E-state index is 0.360. The number of aliphatic hydroxyl groups is 1. The third-order valence-corrected chi connectivity index (χ3v) is 2.41. The van der Waals surface area contributed by atoms with Gasteiger partial charge in [0.15, 0.2) is 17.6 Å². The normalized spacial score (nSPS) is 16.7. The number of hydrogen-bond donors (Lipinski definition) is 1. The van der Waals surface area contributed by atoms with Gasteiger partial charge in [-0.3, -0.25) is 0 Å². The zero-order valence-corrected chi connectivity index (χ0v) is 8.83. The van der Waals surface area contributed by atoms with E-state index < -0.39 is 18.7 Å². The van der Waals surface area contributed by atoms with Crippen molar-refractivity contribution in [3.63, 3.8) is 0 Å². The van der Waals surface area contributed by atoms with Gasteiger partial charge in [0.05, 0.1) is 0 Å². The average molecular weight is 248 g/mol. The van der Waals surface area contributed by atoms with Crippen LogP contribution >= 0.6 is 0 Å². The van der Waals surface area contributed by atoms with Crippen molar-refractivity contribution in [3.05, 3.63) is 23.8 Å². The Morgan fingerprint density at radius 3 is 2.47 bits per heavy atom. The van der Waals surface area contributed by atoms with Gasteiger partial charge in [-0.15, -0.1) is 0 Å². The summed E-state index contributed by atoms with van der Waals surface area (Å²) in [6.45, 7) is 0.801. The Kier molecular flexibility index (Phi) is 3.15. The Bertz CT molecular complexity index is 403. The third kappa shape index (κ3) is 2.82. The van der Waals surface area contributed by atoms with Gasteiger partial charge in [0.25, 0.3) is 0 Å². The lowest BCUT2D eigenvalue weighted by Crippen LogP contribution is -2.30. The van der Waals surface area contributed by atoms with Crippen LogP contribution in [0.4, 0.5) is 13.2 Å². The van der Waals surface area contributed by atoms with E-state index in [1.807, 2.05) is 0 Å². The molecule has 0 fully saturated rings. The molecule has 1 atom stereocenters. The number of alkyl halides is 3. The molecule has 1 aromatic rings. The Hall–Kier alpha value is -1.43. The summed E-state index contributed by atoms with van der Waals surface area (Å²) in [6, 6.07) is 4.50. The van der Waals surface area contributed by atoms with Crippen LogP contribution < -0.4 is 9.47 Å². The molecule has 1 heterocycles. The van der Waals surface area contributed by atoms with Crippen molar-refractivity contribution in [2.24, 2.45) is 0 Å². The van der Waals surface area contributed by atoms with Gasteiger partial charge in [-0.05, 0) is 17.7 Å². The van der Waals surface area contributed by atoms with E-state index in [0.29, 0.717) is 30.3 Å². The van der Waals surface area contributed by atoms with Gasteiger partial charge in [0.1, 0.15) is 13.2 Å². The lowest BCUT2D eigenvalue weighted by molar-refractivity contribution is -0.203. The zero-order valence-electron chi connectivity index (χ0n) is 8.83. The highest BCUT2D eigenvalue weighted by Crippen LogP contribution is 2.32. The van der Waals surface area contributed by atoms with E-state index in [9.17, 15) is 13.2 Å². The molecule has 0 bridgehead atoms. The molecule has 0 radical (unpaired) electrons. The fraction of sp³-hybridized carbons (Fsp3) is 0.455. The highest BCUT2D eigenvalue weighted by molar-refractivity contribution is 5.44. The Labute approximate surface area is 95.8 Å². The molecule has 1 aliphatic rings. The maximum Gasteiger partial charge on any atom is 0.414 e. The van der Waals surface area contributed by atoms with E-state index in [2.05, 4.69) is 0 Å². The van der Waals surface area contributed by atoms with Crippen molar-refractivity contribution < 1.29 is 27.8 Å². The van der Waals surface area contributed by atoms with Crippen LogP contribution in [0.5, 0.6) is 11.5 Å². The second-order valence-electron chi connectivity index (χ2n) is 3.74. The second kappa shape index (κ2) is 4.44. The molecule has 0 saturated heterocycles. The van der Waals surface area contributed by atoms with Gasteiger partial charge >= 0.3 is 6.18 Å². The first kappa shape index (κ1) is 12.0. The lowest BCUT2D eigenvalue weighted by Gasteiger charge is -2.20. The average Bonchev–Trinajstić information content (AvgIpc) is 2.27. The van der Waals surface area contributed by atoms with Crippen molar-refractivity contribution in [2.45, 2.75) is 18.7 Å². The summed E-state index contributed by atoms with van der Waals surface area (Å²) in [5, 5.41) is 8.95. The maximum absolute atomic E-state index is 12.2. The van der Waals surface area contributed by atoms with E-state index in [1.165, 1.54) is 12.1 Å². The Balaban J connectivity index is 2.12. The summed E-state index contributed by atoms with van der Waals surface area (Å²) < 4.78 is 47.0. The first-order valence-electron chi connectivity index (χ1n) is 5.10. The van der Waals surface area contributed by atoms with Crippen molar-refractivity contribution in [1.82, 2.24) is 0 Å². The summed E-state index contributed by atoms with van der Waals surface area (Å²) in [7, 11) is 0. The van der Waals surface area contributed by atoms with Gasteiger partial charge in [-0.2, -0.15) is 13.2 Å². The van der Waals surface area contributed by atoms with Crippen molar-refractivity contribution in [1.29, 1.82) is 0 Å². The molecule has 3 nitrogen and oxygen atoms in total. The van der Waals surface area contributed by atoms with Gasteiger partial charge in [0, 0.05) is 6.42 Å². The first-order valence-corrected chi connectivity index (χ1v) is 5.10. The molecular weight excluding hydrogens is 237 g/mol. The smallest absolute Gasteiger partial charge is 0.414 e. The molecule has 2 rings (SSSR count). The van der Waals surface area contributed by atoms with E-state index in [1.54, 1.807) is 6.07 Å². The second-order valence-corrected chi connectivity index (χ2v) is 3.74. The molecule has 0 saturated carbocycles. The zero-order chi connectivity index (χ0) is 12.5. The van der Waals surface area contributed by atoms with E-state index in [4.69, 9.17) is 14.6 Å². The minimum Gasteiger partial charge on any atom is -0.486 e. The van der Waals surface area contributed by atoms with Crippen LogP contribution in [0.15, 0.2) is 18.2 Å². The molecule has 1 aromatic carbocycles. The molecular formula is C11H11F3O3. The number of rotatable bonds is 2. The summed E-state index contributed by atoms with van der Waals surface area (Å²) in [5.74, 6) is 0.935. The maximum atomic E-state index is 12.2. The fourth-order valence-corrected chi connectivity index (χ4v) is 1.55. The Morgan fingerprint density at radius 2 is 1.82 bits per heavy atom. The van der Waals surface area contributed by atoms with Crippen LogP contribution in [0.2, 0.25) is 0 Å². The molecule has 0 aromatic heterocycles. The largest absolute Gasteiger partial charge is 0.486 e. The predicted molar refractivity (Wildman–Crippen MR) is 53.2 cm³/mol. The predicted octanol–water partition coefficient (Wildman–Crippen LogP) is 1.92. The van der Waals surface area contributed by atoms with Gasteiger partial charge < -0.3 is 14.6 Å². The SMILES string of the molecule is OC(Cc1ccc2c(c1)OCCO2)C(F)(F)F. The number of fused-ring (bicyclic) bond motifs is 1. The van der Waals surface area contributed by atoms with Crippen LogP contribution in [-0.2, 0) is 6.42 Å². The molecule has 6 heteroatoms. The lowest BCUT2D eigenvalue weighted by atomic mass is 10.1. The van der Waals surface area contributed by atoms with E-state index in [0.717, 1.165) is 0 Å². The summed E-state index contributed by atoms with van der Waals surface area (Å²) in [5.41, 5.74) is 0.360. The third-order valence-electron chi connectivity index (χ3n) is 2.41. The first-order chi connectivity index (χ1) is 7.97. The Morgan fingerprint density at radius 1 is 1.18 bits per heavy atom. The summed E-state index contributed by atoms with van der Waals surface area (Å²) >= 11 is 0. The molecule has 0 aliphatic carbocycles. The van der Waals surface area contributed by atoms with Crippen molar-refractivity contribution in [3.8, 4) is 11.5 Å². The fourth-order valence-electron chi connectivity index (χ4n) is 1.55. The van der Waals surface area contributed by atoms with Gasteiger partial charge in [-0.25, -0.2) is 0 Å². The standard InChI is InChI=1S/C11H11F3O3/c12-11(13,14)10(15)6-7-1-2-8-9(5-7)17-4-3-16-8/h1-2,5,10,15H,3-4,6H2. The van der Waals surface area contributed by atoms with Crippen LogP contribution in [0.3, 0.4) is 0 Å². The highest BCUT2D eigenvalue weighted by atomic mass is 19.4. The number of hydrogen-bond acceptors (Lipinski definition) is 3. The summed E-state index contributed by atoms with van der Waals surface area (Å²) in [6.07, 6.45) is -7.45. The number of halogens is 3. The van der Waals surface area contributed by atoms with Crippen LogP contribution in [-0.4, -0.2) is 30.6 Å². The quantitative estimate of drug-likeness (QED) is 0.869. The molecule has 94 valence electrons. The van der Waals surface area contributed by atoms with Crippen LogP contribution in [0.25, 0.3) is 0 Å². The number of ether oxygens (including phenoxy) is 2. The highest BCUT2D eigenvalue weighted by Gasteiger charge is 2.38. The molecule has 1 aliphatic heterocycles. The van der Waals surface area contributed by atoms with Crippen molar-refractivity contribution in [2.75, 3.05) is 13.2 Å².